The largest absolute Gasteiger partial charge is 0.489 e. The van der Waals surface area contributed by atoms with E-state index in [1.165, 1.54) is 3.57 Å². The minimum absolute atomic E-state index is 0.513. The van der Waals surface area contributed by atoms with Crippen molar-refractivity contribution in [3.8, 4) is 5.75 Å². The Balaban J connectivity index is 2.01. The molecule has 0 saturated heterocycles. The minimum atomic E-state index is 0.513. The number of aldehydes is 1. The second-order valence-corrected chi connectivity index (χ2v) is 4.85. The summed E-state index contributed by atoms with van der Waals surface area (Å²) in [5.41, 5.74) is 1.74. The fourth-order valence-corrected chi connectivity index (χ4v) is 1.78. The highest BCUT2D eigenvalue weighted by Crippen LogP contribution is 2.14. The maximum Gasteiger partial charge on any atom is 0.150 e. The van der Waals surface area contributed by atoms with Crippen molar-refractivity contribution in [2.24, 2.45) is 0 Å². The molecule has 2 nitrogen and oxygen atoms in total. The summed E-state index contributed by atoms with van der Waals surface area (Å²) in [4.78, 5) is 10.6. The molecule has 0 bridgehead atoms. The molecule has 0 aromatic heterocycles. The fraction of sp³-hybridized carbons (Fsp3) is 0.0714. The summed E-state index contributed by atoms with van der Waals surface area (Å²) < 4.78 is 6.82. The van der Waals surface area contributed by atoms with Gasteiger partial charge in [0.25, 0.3) is 0 Å². The second-order valence-electron chi connectivity index (χ2n) is 3.61. The molecule has 0 saturated carbocycles. The van der Waals surface area contributed by atoms with Gasteiger partial charge in [0.1, 0.15) is 18.6 Å². The van der Waals surface area contributed by atoms with Crippen LogP contribution in [-0.2, 0) is 6.61 Å². The van der Waals surface area contributed by atoms with Crippen LogP contribution in [0.5, 0.6) is 5.75 Å². The van der Waals surface area contributed by atoms with E-state index in [2.05, 4.69) is 22.6 Å². The number of rotatable bonds is 4. The molecule has 0 fully saturated rings. The van der Waals surface area contributed by atoms with E-state index in [1.807, 2.05) is 36.4 Å². The molecule has 0 amide bonds. The summed E-state index contributed by atoms with van der Waals surface area (Å²) in [5, 5.41) is 0. The Morgan fingerprint density at radius 3 is 2.59 bits per heavy atom. The SMILES string of the molecule is O=Cc1cccc(OCc2ccc(I)cc2)c1. The van der Waals surface area contributed by atoms with Crippen LogP contribution in [-0.4, -0.2) is 6.29 Å². The standard InChI is InChI=1S/C14H11IO2/c15-13-6-4-11(5-7-13)10-17-14-3-1-2-12(8-14)9-16/h1-9H,10H2. The quantitative estimate of drug-likeness (QED) is 0.628. The van der Waals surface area contributed by atoms with Crippen LogP contribution in [0, 0.1) is 3.57 Å². The molecule has 0 spiro atoms. The molecular weight excluding hydrogens is 327 g/mol. The molecular formula is C14H11IO2. The summed E-state index contributed by atoms with van der Waals surface area (Å²) >= 11 is 2.27. The number of hydrogen-bond donors (Lipinski definition) is 0. The van der Waals surface area contributed by atoms with Crippen molar-refractivity contribution in [2.75, 3.05) is 0 Å². The third kappa shape index (κ3) is 3.56. The zero-order chi connectivity index (χ0) is 12.1. The molecule has 0 heterocycles. The summed E-state index contributed by atoms with van der Waals surface area (Å²) in [6.07, 6.45) is 0.817. The zero-order valence-corrected chi connectivity index (χ0v) is 11.3. The monoisotopic (exact) mass is 338 g/mol. The first-order valence-electron chi connectivity index (χ1n) is 5.20. The van der Waals surface area contributed by atoms with Gasteiger partial charge in [0.15, 0.2) is 0 Å². The number of halogens is 1. The van der Waals surface area contributed by atoms with Gasteiger partial charge < -0.3 is 4.74 Å². The third-order valence-electron chi connectivity index (χ3n) is 2.31. The van der Waals surface area contributed by atoms with E-state index >= 15 is 0 Å². The Morgan fingerprint density at radius 1 is 1.12 bits per heavy atom. The van der Waals surface area contributed by atoms with E-state index in [-0.39, 0.29) is 0 Å². The van der Waals surface area contributed by atoms with Crippen molar-refractivity contribution >= 4 is 28.9 Å². The Bertz CT molecular complexity index is 506. The van der Waals surface area contributed by atoms with Crippen molar-refractivity contribution in [3.63, 3.8) is 0 Å². The molecule has 2 rings (SSSR count). The predicted molar refractivity (Wildman–Crippen MR) is 75.3 cm³/mol. The number of carbonyl (C=O) groups is 1. The van der Waals surface area contributed by atoms with Crippen molar-refractivity contribution in [1.29, 1.82) is 0 Å². The van der Waals surface area contributed by atoms with Crippen LogP contribution in [0.4, 0.5) is 0 Å². The highest BCUT2D eigenvalue weighted by atomic mass is 127. The van der Waals surface area contributed by atoms with Crippen LogP contribution in [0.1, 0.15) is 15.9 Å². The van der Waals surface area contributed by atoms with Gasteiger partial charge in [-0.25, -0.2) is 0 Å². The molecule has 0 atom stereocenters. The number of benzene rings is 2. The van der Waals surface area contributed by atoms with Crippen LogP contribution >= 0.6 is 22.6 Å². The normalized spacial score (nSPS) is 9.94. The smallest absolute Gasteiger partial charge is 0.150 e. The molecule has 0 aliphatic rings. The maximum atomic E-state index is 10.6. The molecule has 2 aromatic carbocycles. The van der Waals surface area contributed by atoms with Gasteiger partial charge in [0.05, 0.1) is 0 Å². The maximum absolute atomic E-state index is 10.6. The lowest BCUT2D eigenvalue weighted by molar-refractivity contribution is 0.112. The number of hydrogen-bond acceptors (Lipinski definition) is 2. The van der Waals surface area contributed by atoms with Crippen molar-refractivity contribution < 1.29 is 9.53 Å². The van der Waals surface area contributed by atoms with Gasteiger partial charge in [-0.2, -0.15) is 0 Å². The highest BCUT2D eigenvalue weighted by molar-refractivity contribution is 14.1. The lowest BCUT2D eigenvalue weighted by atomic mass is 10.2. The van der Waals surface area contributed by atoms with Crippen molar-refractivity contribution in [3.05, 3.63) is 63.2 Å². The highest BCUT2D eigenvalue weighted by Gasteiger charge is 1.97. The van der Waals surface area contributed by atoms with Crippen LogP contribution < -0.4 is 4.74 Å². The van der Waals surface area contributed by atoms with E-state index in [1.54, 1.807) is 12.1 Å². The molecule has 17 heavy (non-hydrogen) atoms. The summed E-state index contributed by atoms with van der Waals surface area (Å²) in [5.74, 6) is 0.716. The first kappa shape index (κ1) is 12.1. The molecule has 86 valence electrons. The van der Waals surface area contributed by atoms with Crippen molar-refractivity contribution in [2.45, 2.75) is 6.61 Å². The van der Waals surface area contributed by atoms with E-state index in [4.69, 9.17) is 4.74 Å². The third-order valence-corrected chi connectivity index (χ3v) is 3.03. The predicted octanol–water partition coefficient (Wildman–Crippen LogP) is 3.68. The molecule has 2 aromatic rings. The Hall–Kier alpha value is -1.36. The van der Waals surface area contributed by atoms with Gasteiger partial charge in [0, 0.05) is 9.13 Å². The fourth-order valence-electron chi connectivity index (χ4n) is 1.42. The summed E-state index contributed by atoms with van der Waals surface area (Å²) in [7, 11) is 0. The van der Waals surface area contributed by atoms with Crippen LogP contribution in [0.2, 0.25) is 0 Å². The Labute approximate surface area is 114 Å². The van der Waals surface area contributed by atoms with E-state index in [0.717, 1.165) is 11.8 Å². The first-order chi connectivity index (χ1) is 8.28. The number of carbonyl (C=O) groups excluding carboxylic acids is 1. The molecule has 0 N–H and O–H groups in total. The average molecular weight is 338 g/mol. The van der Waals surface area contributed by atoms with Crippen molar-refractivity contribution in [1.82, 2.24) is 0 Å². The number of ether oxygens (including phenoxy) is 1. The van der Waals surface area contributed by atoms with Gasteiger partial charge >= 0.3 is 0 Å². The topological polar surface area (TPSA) is 26.3 Å². The van der Waals surface area contributed by atoms with Crippen LogP contribution in [0.25, 0.3) is 0 Å². The Morgan fingerprint density at radius 2 is 1.88 bits per heavy atom. The Kier molecular flexibility index (Phi) is 4.14. The lowest BCUT2D eigenvalue weighted by Gasteiger charge is -2.06. The first-order valence-corrected chi connectivity index (χ1v) is 6.28. The molecule has 0 aliphatic heterocycles. The van der Waals surface area contributed by atoms with Gasteiger partial charge in [-0.15, -0.1) is 0 Å². The average Bonchev–Trinajstić information content (AvgIpc) is 2.38. The van der Waals surface area contributed by atoms with E-state index < -0.39 is 0 Å². The minimum Gasteiger partial charge on any atom is -0.489 e. The van der Waals surface area contributed by atoms with Gasteiger partial charge in [-0.05, 0) is 52.4 Å². The van der Waals surface area contributed by atoms with E-state index in [0.29, 0.717) is 17.9 Å². The molecule has 3 heteroatoms. The van der Waals surface area contributed by atoms with Crippen LogP contribution in [0.3, 0.4) is 0 Å². The van der Waals surface area contributed by atoms with Gasteiger partial charge in [0.2, 0.25) is 0 Å². The summed E-state index contributed by atoms with van der Waals surface area (Å²) in [6.45, 7) is 0.513. The van der Waals surface area contributed by atoms with Gasteiger partial charge in [-0.3, -0.25) is 4.79 Å². The lowest BCUT2D eigenvalue weighted by Crippen LogP contribution is -1.95. The van der Waals surface area contributed by atoms with Crippen LogP contribution in [0.15, 0.2) is 48.5 Å². The summed E-state index contributed by atoms with van der Waals surface area (Å²) in [6, 6.07) is 15.3. The van der Waals surface area contributed by atoms with E-state index in [9.17, 15) is 4.79 Å². The zero-order valence-electron chi connectivity index (χ0n) is 9.10. The molecule has 0 aliphatic carbocycles. The second kappa shape index (κ2) is 5.82. The molecule has 0 radical (unpaired) electrons. The van der Waals surface area contributed by atoms with Gasteiger partial charge in [-0.1, -0.05) is 24.3 Å². The molecule has 0 unspecified atom stereocenters.